The molecule has 1 aromatic heterocycles. The molecule has 0 spiro atoms. The Hall–Kier alpha value is -2.16. The van der Waals surface area contributed by atoms with E-state index in [-0.39, 0.29) is 0 Å². The molecule has 0 aliphatic rings. The van der Waals surface area contributed by atoms with Crippen LogP contribution in [0.5, 0.6) is 0 Å². The third kappa shape index (κ3) is 2.50. The van der Waals surface area contributed by atoms with Crippen molar-refractivity contribution in [2.24, 2.45) is 0 Å². The smallest absolute Gasteiger partial charge is 0.151 e. The van der Waals surface area contributed by atoms with Crippen LogP contribution in [-0.4, -0.2) is 17.8 Å². The number of para-hydroxylation sites is 1. The molecule has 3 heteroatoms. The van der Waals surface area contributed by atoms with Crippen molar-refractivity contribution in [2.75, 3.05) is 11.4 Å². The largest absolute Gasteiger partial charge is 0.327 e. The molecule has 0 fully saturated rings. The summed E-state index contributed by atoms with van der Waals surface area (Å²) in [6.07, 6.45) is 2.39. The second kappa shape index (κ2) is 5.25. The summed E-state index contributed by atoms with van der Waals surface area (Å²) in [4.78, 5) is 17.0. The van der Waals surface area contributed by atoms with Crippen LogP contribution in [0, 0.1) is 0 Å². The van der Waals surface area contributed by atoms with Crippen LogP contribution in [0.4, 0.5) is 11.5 Å². The lowest BCUT2D eigenvalue weighted by atomic mass is 10.2. The van der Waals surface area contributed by atoms with E-state index < -0.39 is 0 Å². The zero-order valence-electron chi connectivity index (χ0n) is 9.71. The van der Waals surface area contributed by atoms with Crippen LogP contribution < -0.4 is 4.90 Å². The summed E-state index contributed by atoms with van der Waals surface area (Å²) in [5, 5.41) is 0. The zero-order valence-corrected chi connectivity index (χ0v) is 9.71. The summed E-state index contributed by atoms with van der Waals surface area (Å²) < 4.78 is 0. The fraction of sp³-hybridized carbons (Fsp3) is 0.143. The number of nitrogens with zero attached hydrogens (tertiary/aromatic N) is 2. The van der Waals surface area contributed by atoms with Gasteiger partial charge >= 0.3 is 0 Å². The van der Waals surface area contributed by atoms with Crippen LogP contribution in [0.25, 0.3) is 0 Å². The summed E-state index contributed by atoms with van der Waals surface area (Å²) >= 11 is 0. The topological polar surface area (TPSA) is 33.2 Å². The van der Waals surface area contributed by atoms with Gasteiger partial charge in [-0.1, -0.05) is 18.2 Å². The highest BCUT2D eigenvalue weighted by atomic mass is 16.1. The summed E-state index contributed by atoms with van der Waals surface area (Å²) in [7, 11) is 0. The standard InChI is InChI=1S/C14H14N2O/c1-2-16(13-6-4-3-5-7-13)14-9-8-12(11-17)10-15-14/h3-11H,2H2,1H3. The predicted octanol–water partition coefficient (Wildman–Crippen LogP) is 3.05. The van der Waals surface area contributed by atoms with Gasteiger partial charge in [-0.2, -0.15) is 0 Å². The number of pyridine rings is 1. The van der Waals surface area contributed by atoms with Crippen molar-refractivity contribution in [1.29, 1.82) is 0 Å². The van der Waals surface area contributed by atoms with Crippen molar-refractivity contribution < 1.29 is 4.79 Å². The number of carbonyl (C=O) groups is 1. The number of carbonyl (C=O) groups excluding carboxylic acids is 1. The SMILES string of the molecule is CCN(c1ccccc1)c1ccc(C=O)cn1. The monoisotopic (exact) mass is 226 g/mol. The number of hydrogen-bond acceptors (Lipinski definition) is 3. The molecule has 1 heterocycles. The quantitative estimate of drug-likeness (QED) is 0.751. The van der Waals surface area contributed by atoms with Gasteiger partial charge in [-0.05, 0) is 31.2 Å². The molecule has 17 heavy (non-hydrogen) atoms. The molecular weight excluding hydrogens is 212 g/mol. The van der Waals surface area contributed by atoms with E-state index in [0.717, 1.165) is 24.3 Å². The maximum atomic E-state index is 10.6. The lowest BCUT2D eigenvalue weighted by Gasteiger charge is -2.21. The summed E-state index contributed by atoms with van der Waals surface area (Å²) in [5.41, 5.74) is 1.69. The maximum absolute atomic E-state index is 10.6. The number of aldehydes is 1. The van der Waals surface area contributed by atoms with E-state index in [1.165, 1.54) is 0 Å². The van der Waals surface area contributed by atoms with Gasteiger partial charge in [-0.15, -0.1) is 0 Å². The van der Waals surface area contributed by atoms with Gasteiger partial charge in [0, 0.05) is 24.0 Å². The molecule has 0 unspecified atom stereocenters. The Morgan fingerprint density at radius 3 is 2.47 bits per heavy atom. The van der Waals surface area contributed by atoms with Crippen LogP contribution in [-0.2, 0) is 0 Å². The third-order valence-electron chi connectivity index (χ3n) is 2.57. The lowest BCUT2D eigenvalue weighted by Crippen LogP contribution is -2.17. The lowest BCUT2D eigenvalue weighted by molar-refractivity contribution is 0.112. The molecule has 0 radical (unpaired) electrons. The van der Waals surface area contributed by atoms with Crippen LogP contribution in [0.2, 0.25) is 0 Å². The second-order valence-electron chi connectivity index (χ2n) is 3.65. The molecule has 0 N–H and O–H groups in total. The summed E-state index contributed by atoms with van der Waals surface area (Å²) in [5.74, 6) is 0.851. The number of anilines is 2. The Balaban J connectivity index is 2.32. The van der Waals surface area contributed by atoms with Gasteiger partial charge in [-0.3, -0.25) is 4.79 Å². The first-order valence-corrected chi connectivity index (χ1v) is 5.59. The molecule has 0 saturated carbocycles. The van der Waals surface area contributed by atoms with Crippen LogP contribution in [0.1, 0.15) is 17.3 Å². The first-order valence-electron chi connectivity index (χ1n) is 5.59. The van der Waals surface area contributed by atoms with Crippen LogP contribution >= 0.6 is 0 Å². The fourth-order valence-electron chi connectivity index (χ4n) is 1.71. The Morgan fingerprint density at radius 1 is 1.18 bits per heavy atom. The Kier molecular flexibility index (Phi) is 3.50. The van der Waals surface area contributed by atoms with Gasteiger partial charge in [-0.25, -0.2) is 4.98 Å². The molecule has 86 valence electrons. The molecule has 0 saturated heterocycles. The minimum atomic E-state index is 0.595. The van der Waals surface area contributed by atoms with Crippen molar-refractivity contribution in [2.45, 2.75) is 6.92 Å². The molecule has 1 aromatic carbocycles. The molecule has 3 nitrogen and oxygen atoms in total. The maximum Gasteiger partial charge on any atom is 0.151 e. The Bertz CT molecular complexity index is 479. The minimum Gasteiger partial charge on any atom is -0.327 e. The van der Waals surface area contributed by atoms with Gasteiger partial charge in [0.25, 0.3) is 0 Å². The first kappa shape index (κ1) is 11.3. The van der Waals surface area contributed by atoms with Gasteiger partial charge < -0.3 is 4.90 Å². The number of benzene rings is 1. The fourth-order valence-corrected chi connectivity index (χ4v) is 1.71. The highest BCUT2D eigenvalue weighted by Crippen LogP contribution is 2.22. The summed E-state index contributed by atoms with van der Waals surface area (Å²) in [6, 6.07) is 13.7. The van der Waals surface area contributed by atoms with E-state index in [9.17, 15) is 4.79 Å². The molecule has 0 bridgehead atoms. The normalized spacial score (nSPS) is 9.94. The minimum absolute atomic E-state index is 0.595. The molecule has 0 aliphatic heterocycles. The molecule has 0 aliphatic carbocycles. The van der Waals surface area contributed by atoms with Crippen molar-refractivity contribution in [1.82, 2.24) is 4.98 Å². The van der Waals surface area contributed by atoms with Crippen LogP contribution in [0.15, 0.2) is 48.7 Å². The molecular formula is C14H14N2O. The Labute approximate surface area is 101 Å². The number of aromatic nitrogens is 1. The van der Waals surface area contributed by atoms with Gasteiger partial charge in [0.1, 0.15) is 5.82 Å². The second-order valence-corrected chi connectivity index (χ2v) is 3.65. The van der Waals surface area contributed by atoms with Crippen molar-refractivity contribution >= 4 is 17.8 Å². The predicted molar refractivity (Wildman–Crippen MR) is 68.7 cm³/mol. The highest BCUT2D eigenvalue weighted by Gasteiger charge is 2.07. The van der Waals surface area contributed by atoms with E-state index in [0.29, 0.717) is 5.56 Å². The summed E-state index contributed by atoms with van der Waals surface area (Å²) in [6.45, 7) is 2.90. The average molecular weight is 226 g/mol. The molecule has 2 aromatic rings. The van der Waals surface area contributed by atoms with E-state index in [1.807, 2.05) is 36.4 Å². The van der Waals surface area contributed by atoms with Gasteiger partial charge in [0.15, 0.2) is 6.29 Å². The number of rotatable bonds is 4. The third-order valence-corrected chi connectivity index (χ3v) is 2.57. The van der Waals surface area contributed by atoms with Gasteiger partial charge in [0.05, 0.1) is 0 Å². The number of hydrogen-bond donors (Lipinski definition) is 0. The Morgan fingerprint density at radius 2 is 1.94 bits per heavy atom. The average Bonchev–Trinajstić information content (AvgIpc) is 2.42. The van der Waals surface area contributed by atoms with E-state index in [1.54, 1.807) is 12.3 Å². The molecule has 2 rings (SSSR count). The van der Waals surface area contributed by atoms with E-state index >= 15 is 0 Å². The van der Waals surface area contributed by atoms with Crippen molar-refractivity contribution in [3.8, 4) is 0 Å². The zero-order chi connectivity index (χ0) is 12.1. The molecule has 0 amide bonds. The van der Waals surface area contributed by atoms with Crippen molar-refractivity contribution in [3.05, 3.63) is 54.2 Å². The molecule has 0 atom stereocenters. The van der Waals surface area contributed by atoms with Gasteiger partial charge in [0.2, 0.25) is 0 Å². The first-order chi connectivity index (χ1) is 8.35. The highest BCUT2D eigenvalue weighted by molar-refractivity contribution is 5.75. The van der Waals surface area contributed by atoms with E-state index in [4.69, 9.17) is 0 Å². The van der Waals surface area contributed by atoms with E-state index in [2.05, 4.69) is 16.8 Å². The van der Waals surface area contributed by atoms with Crippen LogP contribution in [0.3, 0.4) is 0 Å². The van der Waals surface area contributed by atoms with Crippen molar-refractivity contribution in [3.63, 3.8) is 0 Å².